The number of likely N-dealkylation sites (N-methyl/N-ethyl adjacent to an activating group) is 1. The predicted octanol–water partition coefficient (Wildman–Crippen LogP) is 4.37. The van der Waals surface area contributed by atoms with Crippen LogP contribution in [0.3, 0.4) is 0 Å². The number of amides is 1. The third-order valence-electron chi connectivity index (χ3n) is 6.00. The van der Waals surface area contributed by atoms with Crippen LogP contribution in [-0.2, 0) is 4.79 Å². The van der Waals surface area contributed by atoms with Crippen LogP contribution in [0, 0.1) is 0 Å². The minimum Gasteiger partial charge on any atom is -0.308 e. The van der Waals surface area contributed by atoms with Gasteiger partial charge in [-0.25, -0.2) is 9.38 Å². The first kappa shape index (κ1) is 19.6. The summed E-state index contributed by atoms with van der Waals surface area (Å²) >= 11 is 1.28. The summed E-state index contributed by atoms with van der Waals surface area (Å²) in [4.78, 5) is 34.3. The summed E-state index contributed by atoms with van der Waals surface area (Å²) in [6.07, 6.45) is 0. The Morgan fingerprint density at radius 2 is 1.45 bits per heavy atom. The molecule has 0 spiro atoms. The summed E-state index contributed by atoms with van der Waals surface area (Å²) in [6.45, 7) is 2.49. The van der Waals surface area contributed by atoms with E-state index in [2.05, 4.69) is 0 Å². The number of carbonyl (C=O) groups excluding carboxylic acids is 1. The fraction of sp³-hybridized carbons (Fsp3) is 0.0741. The zero-order chi connectivity index (χ0) is 22.5. The Bertz CT molecular complexity index is 1640. The highest BCUT2D eigenvalue weighted by atomic mass is 32.1. The van der Waals surface area contributed by atoms with Crippen molar-refractivity contribution in [3.05, 3.63) is 105 Å². The molecule has 160 valence electrons. The van der Waals surface area contributed by atoms with E-state index in [0.717, 1.165) is 33.8 Å². The maximum atomic E-state index is 13.8. The topological polar surface area (TPSA) is 54.7 Å². The molecule has 5 aromatic rings. The number of imidazole rings is 1. The highest BCUT2D eigenvalue weighted by Gasteiger charge is 2.33. The molecule has 0 radical (unpaired) electrons. The van der Waals surface area contributed by atoms with Crippen LogP contribution >= 0.6 is 11.3 Å². The zero-order valence-electron chi connectivity index (χ0n) is 17.9. The van der Waals surface area contributed by atoms with Crippen molar-refractivity contribution in [3.63, 3.8) is 0 Å². The van der Waals surface area contributed by atoms with Gasteiger partial charge >= 0.3 is 0 Å². The standard InChI is InChI=1S/C27H19N3O2S/c1-2-29-20-16-10-9-15-19(20)21(25(29)31)24-26(32)30-23(18-13-7-4-8-14-18)22(28-27(30)33-24)17-11-5-3-6-12-17/h3-16H,2H2,1H3. The third kappa shape index (κ3) is 2.88. The molecule has 0 fully saturated rings. The molecular formula is C27H19N3O2S. The van der Waals surface area contributed by atoms with Gasteiger partial charge in [0.15, 0.2) is 4.96 Å². The van der Waals surface area contributed by atoms with Crippen molar-refractivity contribution in [2.24, 2.45) is 0 Å². The molecule has 33 heavy (non-hydrogen) atoms. The van der Waals surface area contributed by atoms with E-state index in [1.54, 1.807) is 9.30 Å². The molecule has 0 saturated carbocycles. The number of hydrogen-bond donors (Lipinski definition) is 0. The number of carbonyl (C=O) groups is 1. The Kier molecular flexibility index (Phi) is 4.48. The van der Waals surface area contributed by atoms with Gasteiger partial charge in [-0.05, 0) is 13.0 Å². The molecule has 5 nitrogen and oxygen atoms in total. The Hall–Kier alpha value is -4.03. The van der Waals surface area contributed by atoms with Gasteiger partial charge in [-0.1, -0.05) is 90.2 Å². The molecule has 3 aromatic carbocycles. The van der Waals surface area contributed by atoms with Crippen molar-refractivity contribution in [1.29, 1.82) is 0 Å². The number of aromatic nitrogens is 2. The molecule has 6 heteroatoms. The van der Waals surface area contributed by atoms with Crippen LogP contribution in [0.2, 0.25) is 0 Å². The van der Waals surface area contributed by atoms with Gasteiger partial charge in [0, 0.05) is 23.2 Å². The smallest absolute Gasteiger partial charge is 0.275 e. The van der Waals surface area contributed by atoms with Gasteiger partial charge in [0.2, 0.25) is 0 Å². The van der Waals surface area contributed by atoms with E-state index in [4.69, 9.17) is 4.98 Å². The van der Waals surface area contributed by atoms with Crippen molar-refractivity contribution >= 4 is 33.5 Å². The molecule has 1 aliphatic heterocycles. The number of thiazole rings is 1. The van der Waals surface area contributed by atoms with E-state index < -0.39 is 0 Å². The van der Waals surface area contributed by atoms with Crippen LogP contribution in [0.1, 0.15) is 12.5 Å². The molecule has 1 aliphatic rings. The largest absolute Gasteiger partial charge is 0.308 e. The van der Waals surface area contributed by atoms with E-state index in [1.165, 1.54) is 11.3 Å². The summed E-state index contributed by atoms with van der Waals surface area (Å²) < 4.78 is 2.09. The van der Waals surface area contributed by atoms with E-state index in [-0.39, 0.29) is 11.5 Å². The number of nitrogens with zero attached hydrogens (tertiary/aromatic N) is 3. The molecule has 0 N–H and O–H groups in total. The summed E-state index contributed by atoms with van der Waals surface area (Å²) in [7, 11) is 0. The summed E-state index contributed by atoms with van der Waals surface area (Å²) in [5, 5.41) is 0. The highest BCUT2D eigenvalue weighted by molar-refractivity contribution is 7.15. The quantitative estimate of drug-likeness (QED) is 0.411. The average molecular weight is 450 g/mol. The van der Waals surface area contributed by atoms with Gasteiger partial charge < -0.3 is 4.90 Å². The Balaban J connectivity index is 1.71. The first-order valence-corrected chi connectivity index (χ1v) is 11.6. The number of para-hydroxylation sites is 1. The van der Waals surface area contributed by atoms with Gasteiger partial charge in [0.25, 0.3) is 11.5 Å². The molecule has 0 saturated heterocycles. The van der Waals surface area contributed by atoms with Crippen LogP contribution < -0.4 is 15.0 Å². The third-order valence-corrected chi connectivity index (χ3v) is 7.04. The lowest BCUT2D eigenvalue weighted by Gasteiger charge is -2.13. The Labute approximate surface area is 193 Å². The number of benzene rings is 3. The Morgan fingerprint density at radius 3 is 2.15 bits per heavy atom. The second-order valence-electron chi connectivity index (χ2n) is 7.84. The van der Waals surface area contributed by atoms with Crippen LogP contribution in [0.5, 0.6) is 0 Å². The maximum absolute atomic E-state index is 13.8. The van der Waals surface area contributed by atoms with Gasteiger partial charge in [0.05, 0.1) is 22.6 Å². The van der Waals surface area contributed by atoms with Crippen LogP contribution in [0.4, 0.5) is 5.69 Å². The predicted molar refractivity (Wildman–Crippen MR) is 132 cm³/mol. The average Bonchev–Trinajstić information content (AvgIpc) is 3.48. The Morgan fingerprint density at radius 1 is 0.818 bits per heavy atom. The van der Waals surface area contributed by atoms with E-state index in [0.29, 0.717) is 21.6 Å². The number of fused-ring (bicyclic) bond motifs is 2. The highest BCUT2D eigenvalue weighted by Crippen LogP contribution is 2.36. The van der Waals surface area contributed by atoms with Crippen LogP contribution in [0.15, 0.2) is 89.7 Å². The first-order chi connectivity index (χ1) is 16.2. The monoisotopic (exact) mass is 449 g/mol. The second-order valence-corrected chi connectivity index (χ2v) is 8.81. The molecular weight excluding hydrogens is 430 g/mol. The minimum atomic E-state index is -0.209. The fourth-order valence-corrected chi connectivity index (χ4v) is 5.59. The second kappa shape index (κ2) is 7.53. The summed E-state index contributed by atoms with van der Waals surface area (Å²) in [5.74, 6) is -0.134. The zero-order valence-corrected chi connectivity index (χ0v) is 18.7. The molecule has 0 aliphatic carbocycles. The number of hydrogen-bond acceptors (Lipinski definition) is 4. The molecule has 0 atom stereocenters. The van der Waals surface area contributed by atoms with Gasteiger partial charge in [0.1, 0.15) is 4.53 Å². The normalized spacial score (nSPS) is 14.8. The lowest BCUT2D eigenvalue weighted by atomic mass is 10.0. The molecule has 2 aromatic heterocycles. The van der Waals surface area contributed by atoms with Gasteiger partial charge in [-0.15, -0.1) is 0 Å². The van der Waals surface area contributed by atoms with Crippen LogP contribution in [-0.4, -0.2) is 21.8 Å². The molecule has 3 heterocycles. The molecule has 0 unspecified atom stereocenters. The van der Waals surface area contributed by atoms with E-state index in [9.17, 15) is 9.59 Å². The molecule has 0 bridgehead atoms. The first-order valence-electron chi connectivity index (χ1n) is 10.8. The van der Waals surface area contributed by atoms with Crippen molar-refractivity contribution in [2.45, 2.75) is 6.92 Å². The summed E-state index contributed by atoms with van der Waals surface area (Å²) in [6, 6.07) is 27.3. The molecule has 1 amide bonds. The van der Waals surface area contributed by atoms with Crippen molar-refractivity contribution in [1.82, 2.24) is 9.38 Å². The van der Waals surface area contributed by atoms with Crippen molar-refractivity contribution < 1.29 is 4.79 Å². The van der Waals surface area contributed by atoms with E-state index in [1.807, 2.05) is 91.9 Å². The maximum Gasteiger partial charge on any atom is 0.275 e. The lowest BCUT2D eigenvalue weighted by Crippen LogP contribution is -2.32. The van der Waals surface area contributed by atoms with Gasteiger partial charge in [-0.3, -0.25) is 9.59 Å². The van der Waals surface area contributed by atoms with Gasteiger partial charge in [-0.2, -0.15) is 0 Å². The molecule has 6 rings (SSSR count). The number of rotatable bonds is 3. The number of anilines is 1. The summed E-state index contributed by atoms with van der Waals surface area (Å²) in [5.41, 5.74) is 5.26. The lowest BCUT2D eigenvalue weighted by molar-refractivity contribution is -0.113. The van der Waals surface area contributed by atoms with Crippen molar-refractivity contribution in [2.75, 3.05) is 11.4 Å². The van der Waals surface area contributed by atoms with E-state index >= 15 is 0 Å². The minimum absolute atomic E-state index is 0.134. The SMILES string of the molecule is CCN1C(=O)C(=c2sc3nc(-c4ccccc4)c(-c4ccccc4)n3c2=O)c2ccccc21. The fourth-order valence-electron chi connectivity index (χ4n) is 4.52. The van der Waals surface area contributed by atoms with Crippen molar-refractivity contribution in [3.8, 4) is 22.5 Å². The van der Waals surface area contributed by atoms with Crippen LogP contribution in [0.25, 0.3) is 33.0 Å².